The van der Waals surface area contributed by atoms with Gasteiger partial charge in [-0.05, 0) is 42.5 Å². The number of aliphatic hydroxyl groups is 1. The molecule has 0 bridgehead atoms. The first kappa shape index (κ1) is 18.7. The number of fused-ring (bicyclic) bond motifs is 2. The Morgan fingerprint density at radius 1 is 1.38 bits per heavy atom. The zero-order chi connectivity index (χ0) is 20.0. The van der Waals surface area contributed by atoms with Crippen LogP contribution < -0.4 is 10.2 Å². The number of nitriles is 1. The van der Waals surface area contributed by atoms with Crippen molar-refractivity contribution >= 4 is 34.3 Å². The van der Waals surface area contributed by atoms with Gasteiger partial charge in [-0.3, -0.25) is 15.1 Å². The predicted octanol–water partition coefficient (Wildman–Crippen LogP) is 1.70. The average Bonchev–Trinajstić information content (AvgIpc) is 3.15. The number of piperidine rings is 1. The van der Waals surface area contributed by atoms with E-state index in [4.69, 9.17) is 5.26 Å². The van der Waals surface area contributed by atoms with E-state index in [9.17, 15) is 9.90 Å². The molecule has 3 unspecified atom stereocenters. The van der Waals surface area contributed by atoms with Crippen LogP contribution in [-0.4, -0.2) is 58.2 Å². The number of anilines is 1. The topological polar surface area (TPSA) is 92.5 Å². The molecule has 8 heteroatoms. The summed E-state index contributed by atoms with van der Waals surface area (Å²) in [6.45, 7) is 2.20. The van der Waals surface area contributed by atoms with Gasteiger partial charge in [0.05, 0.1) is 24.0 Å². The molecule has 2 N–H and O–H groups in total. The largest absolute Gasteiger partial charge is 0.374 e. The molecule has 3 heterocycles. The van der Waals surface area contributed by atoms with Crippen molar-refractivity contribution in [1.29, 1.82) is 5.26 Å². The molecule has 1 aromatic carbocycles. The summed E-state index contributed by atoms with van der Waals surface area (Å²) in [6.07, 6.45) is 2.05. The maximum Gasteiger partial charge on any atom is 0.238 e. The fourth-order valence-electron chi connectivity index (χ4n) is 4.39. The molecule has 2 aromatic rings. The van der Waals surface area contributed by atoms with Gasteiger partial charge in [-0.25, -0.2) is 0 Å². The van der Waals surface area contributed by atoms with Crippen molar-refractivity contribution in [3.63, 3.8) is 0 Å². The second-order valence-electron chi connectivity index (χ2n) is 8.05. The minimum Gasteiger partial charge on any atom is -0.374 e. The molecule has 150 valence electrons. The number of carbonyl (C=O) groups is 1. The van der Waals surface area contributed by atoms with Gasteiger partial charge in [0.2, 0.25) is 5.91 Å². The van der Waals surface area contributed by atoms with Crippen molar-refractivity contribution in [3.05, 3.63) is 36.0 Å². The highest BCUT2D eigenvalue weighted by Gasteiger charge is 2.45. The van der Waals surface area contributed by atoms with E-state index in [-0.39, 0.29) is 18.5 Å². The van der Waals surface area contributed by atoms with E-state index in [1.165, 1.54) is 6.42 Å². The van der Waals surface area contributed by atoms with E-state index >= 15 is 0 Å². The van der Waals surface area contributed by atoms with Crippen molar-refractivity contribution < 1.29 is 9.90 Å². The molecule has 1 aliphatic carbocycles. The van der Waals surface area contributed by atoms with Gasteiger partial charge in [0, 0.05) is 41.7 Å². The Morgan fingerprint density at radius 3 is 3.00 bits per heavy atom. The molecule has 3 aliphatic rings. The van der Waals surface area contributed by atoms with Gasteiger partial charge < -0.3 is 14.9 Å². The Bertz CT molecular complexity index is 983. The summed E-state index contributed by atoms with van der Waals surface area (Å²) in [5, 5.41) is 23.7. The zero-order valence-corrected chi connectivity index (χ0v) is 16.8. The van der Waals surface area contributed by atoms with Crippen molar-refractivity contribution in [2.45, 2.75) is 18.7 Å². The number of nitrogens with one attached hydrogen (secondary N) is 1. The molecule has 5 rings (SSSR count). The SMILES string of the molecule is N#C[C@@H]1CSCN1C(=O)CNC(O)c1ccnc2ccc(N3CC4CC4C3)cc12. The number of hydrogen-bond donors (Lipinski definition) is 2. The highest BCUT2D eigenvalue weighted by atomic mass is 32.2. The van der Waals surface area contributed by atoms with Crippen LogP contribution in [0.5, 0.6) is 0 Å². The van der Waals surface area contributed by atoms with Crippen molar-refractivity contribution in [1.82, 2.24) is 15.2 Å². The number of rotatable bonds is 5. The van der Waals surface area contributed by atoms with Gasteiger partial charge in [-0.2, -0.15) is 5.26 Å². The zero-order valence-electron chi connectivity index (χ0n) is 16.0. The maximum absolute atomic E-state index is 12.4. The minimum atomic E-state index is -0.984. The van der Waals surface area contributed by atoms with Crippen molar-refractivity contribution in [2.24, 2.45) is 11.8 Å². The first-order valence-electron chi connectivity index (χ1n) is 9.96. The number of carbonyl (C=O) groups excluding carboxylic acids is 1. The number of hydrogen-bond acceptors (Lipinski definition) is 7. The Balaban J connectivity index is 1.32. The summed E-state index contributed by atoms with van der Waals surface area (Å²) >= 11 is 1.57. The summed E-state index contributed by atoms with van der Waals surface area (Å²) in [4.78, 5) is 20.8. The van der Waals surface area contributed by atoms with E-state index in [1.54, 1.807) is 28.9 Å². The van der Waals surface area contributed by atoms with E-state index in [2.05, 4.69) is 33.4 Å². The van der Waals surface area contributed by atoms with Gasteiger partial charge in [0.25, 0.3) is 0 Å². The third-order valence-corrected chi connectivity index (χ3v) is 7.21. The number of aromatic nitrogens is 1. The summed E-state index contributed by atoms with van der Waals surface area (Å²) in [5.41, 5.74) is 2.69. The lowest BCUT2D eigenvalue weighted by molar-refractivity contribution is -0.130. The quantitative estimate of drug-likeness (QED) is 0.726. The van der Waals surface area contributed by atoms with Gasteiger partial charge >= 0.3 is 0 Å². The number of aliphatic hydroxyl groups excluding tert-OH is 1. The smallest absolute Gasteiger partial charge is 0.238 e. The van der Waals surface area contributed by atoms with E-state index in [1.807, 2.05) is 6.07 Å². The van der Waals surface area contributed by atoms with Gasteiger partial charge in [0.1, 0.15) is 12.3 Å². The second-order valence-corrected chi connectivity index (χ2v) is 9.05. The standard InChI is InChI=1S/C21H23N5O2S/c22-7-16-11-29-12-26(16)20(27)8-24-21(28)17-3-4-23-19-2-1-15(6-18(17)19)25-9-13-5-14(13)10-25/h1-4,6,13-14,16,21,24,28H,5,8-12H2/t13?,14?,16-,21?/m1/s1. The first-order valence-corrected chi connectivity index (χ1v) is 11.1. The Kier molecular flexibility index (Phi) is 4.82. The van der Waals surface area contributed by atoms with E-state index in [0.29, 0.717) is 17.2 Å². The number of nitrogens with zero attached hydrogens (tertiary/aromatic N) is 4. The van der Waals surface area contributed by atoms with Gasteiger partial charge in [0.15, 0.2) is 0 Å². The fourth-order valence-corrected chi connectivity index (χ4v) is 5.49. The van der Waals surface area contributed by atoms with E-state index in [0.717, 1.165) is 41.5 Å². The highest BCUT2D eigenvalue weighted by Crippen LogP contribution is 2.46. The van der Waals surface area contributed by atoms with E-state index < -0.39 is 6.23 Å². The van der Waals surface area contributed by atoms with Crippen LogP contribution in [0.3, 0.4) is 0 Å². The molecule has 1 saturated carbocycles. The molecule has 2 aliphatic heterocycles. The van der Waals surface area contributed by atoms with Crippen molar-refractivity contribution in [2.75, 3.05) is 36.2 Å². The van der Waals surface area contributed by atoms with Crippen LogP contribution in [0.4, 0.5) is 5.69 Å². The number of benzene rings is 1. The lowest BCUT2D eigenvalue weighted by Gasteiger charge is -2.22. The van der Waals surface area contributed by atoms with Crippen LogP contribution in [0.2, 0.25) is 0 Å². The number of amides is 1. The Morgan fingerprint density at radius 2 is 2.21 bits per heavy atom. The summed E-state index contributed by atoms with van der Waals surface area (Å²) in [5.74, 6) is 2.68. The molecule has 3 fully saturated rings. The molecule has 2 saturated heterocycles. The molecule has 0 spiro atoms. The molecular formula is C21H23N5O2S. The average molecular weight is 410 g/mol. The lowest BCUT2D eigenvalue weighted by atomic mass is 10.1. The lowest BCUT2D eigenvalue weighted by Crippen LogP contribution is -2.42. The molecule has 29 heavy (non-hydrogen) atoms. The third-order valence-electron chi connectivity index (χ3n) is 6.20. The van der Waals surface area contributed by atoms with Crippen molar-refractivity contribution in [3.8, 4) is 6.07 Å². The van der Waals surface area contributed by atoms with Gasteiger partial charge in [-0.15, -0.1) is 11.8 Å². The molecule has 1 amide bonds. The Hall–Kier alpha value is -2.34. The predicted molar refractivity (Wildman–Crippen MR) is 112 cm³/mol. The number of pyridine rings is 1. The van der Waals surface area contributed by atoms with Crippen LogP contribution in [-0.2, 0) is 4.79 Å². The summed E-state index contributed by atoms with van der Waals surface area (Å²) < 4.78 is 0. The normalized spacial score (nSPS) is 26.4. The van der Waals surface area contributed by atoms with Crippen LogP contribution >= 0.6 is 11.8 Å². The van der Waals surface area contributed by atoms with Crippen LogP contribution in [0.15, 0.2) is 30.5 Å². The first-order chi connectivity index (χ1) is 14.1. The molecule has 1 aromatic heterocycles. The molecule has 4 atom stereocenters. The maximum atomic E-state index is 12.4. The summed E-state index contributed by atoms with van der Waals surface area (Å²) in [6, 6.07) is 9.75. The van der Waals surface area contributed by atoms with Gasteiger partial charge in [-0.1, -0.05) is 0 Å². The van der Waals surface area contributed by atoms with Crippen LogP contribution in [0.1, 0.15) is 18.2 Å². The molecular weight excluding hydrogens is 386 g/mol. The second kappa shape index (κ2) is 7.48. The minimum absolute atomic E-state index is 0.0150. The van der Waals surface area contributed by atoms with Crippen LogP contribution in [0, 0.1) is 23.2 Å². The van der Waals surface area contributed by atoms with Crippen LogP contribution in [0.25, 0.3) is 10.9 Å². The molecule has 7 nitrogen and oxygen atoms in total. The summed E-state index contributed by atoms with van der Waals surface area (Å²) in [7, 11) is 0. The third kappa shape index (κ3) is 3.54. The molecule has 0 radical (unpaired) electrons. The fraction of sp³-hybridized carbons (Fsp3) is 0.476. The number of thioether (sulfide) groups is 1. The highest BCUT2D eigenvalue weighted by molar-refractivity contribution is 7.99. The monoisotopic (exact) mass is 409 g/mol. The Labute approximate surface area is 173 Å².